The Balaban J connectivity index is 2.52. The van der Waals surface area contributed by atoms with Crippen molar-refractivity contribution >= 4 is 11.6 Å². The first kappa shape index (κ1) is 12.0. The molecule has 1 rings (SSSR count). The number of carbonyl (C=O) groups is 1. The fraction of sp³-hybridized carbons (Fsp3) is 0.667. The lowest BCUT2D eigenvalue weighted by atomic mass is 10.1. The van der Waals surface area contributed by atoms with E-state index in [1.807, 2.05) is 11.8 Å². The third-order valence-corrected chi connectivity index (χ3v) is 2.77. The van der Waals surface area contributed by atoms with Gasteiger partial charge in [0.1, 0.15) is 0 Å². The Morgan fingerprint density at radius 2 is 2.20 bits per heavy atom. The Hall–Kier alpha value is -1.12. The van der Waals surface area contributed by atoms with E-state index in [2.05, 4.69) is 6.92 Å². The number of rotatable bonds is 3. The van der Waals surface area contributed by atoms with Crippen LogP contribution in [0.15, 0.2) is 11.6 Å². The molecular weight excluding hydrogens is 188 g/mol. The summed E-state index contributed by atoms with van der Waals surface area (Å²) >= 11 is 0. The third-order valence-electron chi connectivity index (χ3n) is 2.77. The molecule has 1 heterocycles. The Morgan fingerprint density at radius 1 is 1.53 bits per heavy atom. The van der Waals surface area contributed by atoms with Crippen molar-refractivity contribution in [1.82, 2.24) is 4.90 Å². The normalized spacial score (nSPS) is 21.9. The van der Waals surface area contributed by atoms with Gasteiger partial charge in [0.15, 0.2) is 0 Å². The number of hydrogen-bond acceptors (Lipinski definition) is 2. The quantitative estimate of drug-likeness (QED) is 0.711. The van der Waals surface area contributed by atoms with Crippen LogP contribution >= 0.6 is 0 Å². The van der Waals surface area contributed by atoms with E-state index in [1.54, 1.807) is 13.0 Å². The van der Waals surface area contributed by atoms with E-state index in [-0.39, 0.29) is 5.91 Å². The van der Waals surface area contributed by atoms with E-state index in [0.717, 1.165) is 25.0 Å². The number of allylic oxidation sites excluding steroid dienone is 1. The fourth-order valence-corrected chi connectivity index (χ4v) is 2.06. The van der Waals surface area contributed by atoms with Crippen molar-refractivity contribution in [3.63, 3.8) is 0 Å². The molecule has 1 fully saturated rings. The maximum Gasteiger partial charge on any atom is 0.226 e. The summed E-state index contributed by atoms with van der Waals surface area (Å²) in [6.45, 7) is 6.64. The molecule has 1 amide bonds. The van der Waals surface area contributed by atoms with Gasteiger partial charge in [0.05, 0.1) is 0 Å². The highest BCUT2D eigenvalue weighted by molar-refractivity contribution is 5.91. The average Bonchev–Trinajstić information content (AvgIpc) is 2.49. The Morgan fingerprint density at radius 3 is 2.67 bits per heavy atom. The van der Waals surface area contributed by atoms with Gasteiger partial charge in [-0.05, 0) is 39.7 Å². The van der Waals surface area contributed by atoms with Crippen LogP contribution in [0.5, 0.6) is 0 Å². The van der Waals surface area contributed by atoms with Gasteiger partial charge in [-0.15, -0.1) is 0 Å². The van der Waals surface area contributed by atoms with E-state index in [4.69, 9.17) is 5.41 Å². The van der Waals surface area contributed by atoms with E-state index >= 15 is 0 Å². The van der Waals surface area contributed by atoms with Crippen LogP contribution in [0.2, 0.25) is 0 Å². The monoisotopic (exact) mass is 208 g/mol. The number of nitrogens with one attached hydrogen (secondary N) is 1. The number of hydrogen-bond donors (Lipinski definition) is 1. The molecule has 1 atom stereocenters. The van der Waals surface area contributed by atoms with Crippen LogP contribution in [0, 0.1) is 5.41 Å². The second kappa shape index (κ2) is 5.10. The molecule has 15 heavy (non-hydrogen) atoms. The summed E-state index contributed by atoms with van der Waals surface area (Å²) in [5.74, 6) is 0.204. The van der Waals surface area contributed by atoms with Gasteiger partial charge in [-0.3, -0.25) is 4.79 Å². The van der Waals surface area contributed by atoms with Crippen molar-refractivity contribution in [2.45, 2.75) is 46.1 Å². The highest BCUT2D eigenvalue weighted by Gasteiger charge is 2.24. The van der Waals surface area contributed by atoms with E-state index < -0.39 is 0 Å². The van der Waals surface area contributed by atoms with Gasteiger partial charge >= 0.3 is 0 Å². The molecule has 0 aromatic heterocycles. The van der Waals surface area contributed by atoms with Crippen LogP contribution in [-0.4, -0.2) is 29.1 Å². The lowest BCUT2D eigenvalue weighted by Crippen LogP contribution is -2.33. The number of nitrogens with zero attached hydrogens (tertiary/aromatic N) is 1. The Bertz CT molecular complexity index is 294. The Labute approximate surface area is 91.7 Å². The minimum Gasteiger partial charge on any atom is -0.340 e. The summed E-state index contributed by atoms with van der Waals surface area (Å²) in [5.41, 5.74) is 1.49. The molecule has 0 bridgehead atoms. The van der Waals surface area contributed by atoms with Crippen LogP contribution in [0.25, 0.3) is 0 Å². The second-order valence-corrected chi connectivity index (χ2v) is 4.43. The molecule has 84 valence electrons. The van der Waals surface area contributed by atoms with Gasteiger partial charge in [-0.1, -0.05) is 5.57 Å². The minimum atomic E-state index is 0.204. The molecule has 1 saturated heterocycles. The molecule has 0 aromatic rings. The van der Waals surface area contributed by atoms with Gasteiger partial charge < -0.3 is 10.3 Å². The van der Waals surface area contributed by atoms with Crippen LogP contribution in [0.1, 0.15) is 40.0 Å². The Kier molecular flexibility index (Phi) is 4.06. The molecule has 3 nitrogen and oxygen atoms in total. The second-order valence-electron chi connectivity index (χ2n) is 4.43. The zero-order valence-electron chi connectivity index (χ0n) is 9.84. The molecule has 0 radical (unpaired) electrons. The smallest absolute Gasteiger partial charge is 0.226 e. The maximum absolute atomic E-state index is 11.9. The number of carbonyl (C=O) groups excluding carboxylic acids is 1. The summed E-state index contributed by atoms with van der Waals surface area (Å²) in [6.07, 6.45) is 4.47. The number of likely N-dealkylation sites (tertiary alicyclic amines) is 1. The van der Waals surface area contributed by atoms with Gasteiger partial charge in [0, 0.05) is 24.7 Å². The van der Waals surface area contributed by atoms with Crippen molar-refractivity contribution in [3.05, 3.63) is 11.6 Å². The van der Waals surface area contributed by atoms with Gasteiger partial charge in [0.2, 0.25) is 5.91 Å². The van der Waals surface area contributed by atoms with Crippen molar-refractivity contribution in [2.75, 3.05) is 6.54 Å². The van der Waals surface area contributed by atoms with Crippen LogP contribution in [0.3, 0.4) is 0 Å². The highest BCUT2D eigenvalue weighted by Crippen LogP contribution is 2.18. The fourth-order valence-electron chi connectivity index (χ4n) is 2.06. The first-order chi connectivity index (χ1) is 7.00. The lowest BCUT2D eigenvalue weighted by Gasteiger charge is -2.21. The summed E-state index contributed by atoms with van der Waals surface area (Å²) in [5, 5.41) is 7.32. The van der Waals surface area contributed by atoms with Crippen LogP contribution < -0.4 is 0 Å². The average molecular weight is 208 g/mol. The SMILES string of the molecule is CC(=N)/C=C(\C)CC(=O)N1CCCC1C. The lowest BCUT2D eigenvalue weighted by molar-refractivity contribution is -0.130. The summed E-state index contributed by atoms with van der Waals surface area (Å²) in [7, 11) is 0. The van der Waals surface area contributed by atoms with E-state index in [9.17, 15) is 4.79 Å². The number of amides is 1. The first-order valence-corrected chi connectivity index (χ1v) is 5.52. The molecule has 1 N–H and O–H groups in total. The summed E-state index contributed by atoms with van der Waals surface area (Å²) in [6, 6.07) is 0.395. The molecule has 0 aliphatic carbocycles. The first-order valence-electron chi connectivity index (χ1n) is 5.52. The van der Waals surface area contributed by atoms with Crippen molar-refractivity contribution in [2.24, 2.45) is 0 Å². The molecule has 1 unspecified atom stereocenters. The molecule has 0 aromatic carbocycles. The van der Waals surface area contributed by atoms with Crippen molar-refractivity contribution < 1.29 is 4.79 Å². The molecule has 0 spiro atoms. The highest BCUT2D eigenvalue weighted by atomic mass is 16.2. The minimum absolute atomic E-state index is 0.204. The van der Waals surface area contributed by atoms with E-state index in [0.29, 0.717) is 18.2 Å². The van der Waals surface area contributed by atoms with Gasteiger partial charge in [0.25, 0.3) is 0 Å². The van der Waals surface area contributed by atoms with E-state index in [1.165, 1.54) is 0 Å². The molecule has 1 aliphatic rings. The molecule has 1 aliphatic heterocycles. The largest absolute Gasteiger partial charge is 0.340 e. The predicted octanol–water partition coefficient (Wildman–Crippen LogP) is 2.37. The van der Waals surface area contributed by atoms with Gasteiger partial charge in [-0.2, -0.15) is 0 Å². The zero-order chi connectivity index (χ0) is 11.4. The van der Waals surface area contributed by atoms with Crippen LogP contribution in [-0.2, 0) is 4.79 Å². The predicted molar refractivity (Wildman–Crippen MR) is 62.2 cm³/mol. The molecule has 0 saturated carbocycles. The van der Waals surface area contributed by atoms with Crippen molar-refractivity contribution in [1.29, 1.82) is 5.41 Å². The van der Waals surface area contributed by atoms with Crippen LogP contribution in [0.4, 0.5) is 0 Å². The zero-order valence-corrected chi connectivity index (χ0v) is 9.84. The van der Waals surface area contributed by atoms with Crippen molar-refractivity contribution in [3.8, 4) is 0 Å². The molecular formula is C12H20N2O. The summed E-state index contributed by atoms with van der Waals surface area (Å²) in [4.78, 5) is 13.8. The molecule has 3 heteroatoms. The summed E-state index contributed by atoms with van der Waals surface area (Å²) < 4.78 is 0. The topological polar surface area (TPSA) is 44.2 Å². The maximum atomic E-state index is 11.9. The third kappa shape index (κ3) is 3.50. The standard InChI is InChI=1S/C12H20N2O/c1-9(7-10(2)13)8-12(15)14-6-4-5-11(14)3/h7,11,13H,4-6,8H2,1-3H3/b9-7+,13-10?. The van der Waals surface area contributed by atoms with Gasteiger partial charge in [-0.25, -0.2) is 0 Å².